The average molecular weight is 436 g/mol. The van der Waals surface area contributed by atoms with E-state index in [1.807, 2.05) is 32.9 Å². The summed E-state index contributed by atoms with van der Waals surface area (Å²) in [4.78, 5) is 37.1. The van der Waals surface area contributed by atoms with E-state index in [0.29, 0.717) is 16.9 Å². The maximum Gasteiger partial charge on any atom is 0.267 e. The molecule has 7 nitrogen and oxygen atoms in total. The Hall–Kier alpha value is -3.81. The van der Waals surface area contributed by atoms with Crippen molar-refractivity contribution in [1.82, 2.24) is 9.78 Å². The lowest BCUT2D eigenvalue weighted by molar-refractivity contribution is -0.119. The van der Waals surface area contributed by atoms with Crippen LogP contribution in [0.3, 0.4) is 0 Å². The van der Waals surface area contributed by atoms with Gasteiger partial charge in [-0.3, -0.25) is 14.4 Å². The lowest BCUT2D eigenvalue weighted by atomic mass is 10.1. The van der Waals surface area contributed by atoms with Crippen molar-refractivity contribution < 1.29 is 14.0 Å². The lowest BCUT2D eigenvalue weighted by Crippen LogP contribution is -2.33. The molecule has 2 amide bonds. The summed E-state index contributed by atoms with van der Waals surface area (Å²) in [6, 6.07) is 12.9. The van der Waals surface area contributed by atoms with E-state index < -0.39 is 23.3 Å². The third kappa shape index (κ3) is 5.26. The number of benzene rings is 2. The van der Waals surface area contributed by atoms with Crippen molar-refractivity contribution >= 4 is 23.2 Å². The summed E-state index contributed by atoms with van der Waals surface area (Å²) < 4.78 is 14.5. The first-order valence-electron chi connectivity index (χ1n) is 10.2. The Kier molecular flexibility index (Phi) is 6.82. The molecular weight excluding hydrogens is 411 g/mol. The molecule has 0 spiro atoms. The number of carbonyl (C=O) groups excluding carboxylic acids is 2. The number of nitrogens with one attached hydrogen (secondary N) is 2. The van der Waals surface area contributed by atoms with Crippen molar-refractivity contribution in [2.75, 3.05) is 10.6 Å². The Morgan fingerprint density at radius 2 is 1.72 bits per heavy atom. The Morgan fingerprint density at radius 1 is 0.969 bits per heavy atom. The molecule has 32 heavy (non-hydrogen) atoms. The average Bonchev–Trinajstić information content (AvgIpc) is 2.75. The van der Waals surface area contributed by atoms with Crippen LogP contribution in [0.4, 0.5) is 15.8 Å². The van der Waals surface area contributed by atoms with Crippen molar-refractivity contribution in [3.63, 3.8) is 0 Å². The predicted octanol–water partition coefficient (Wildman–Crippen LogP) is 4.15. The van der Waals surface area contributed by atoms with Gasteiger partial charge in [-0.25, -0.2) is 9.07 Å². The Bertz CT molecular complexity index is 1220. The zero-order valence-corrected chi connectivity index (χ0v) is 18.3. The largest absolute Gasteiger partial charge is 0.326 e. The second-order valence-corrected chi connectivity index (χ2v) is 7.85. The number of hydrogen-bond donors (Lipinski definition) is 2. The highest BCUT2D eigenvalue weighted by molar-refractivity contribution is 5.94. The fraction of sp³-hybridized carbons (Fsp3) is 0.250. The number of halogens is 1. The van der Waals surface area contributed by atoms with Gasteiger partial charge in [0.2, 0.25) is 11.8 Å². The molecule has 0 aliphatic rings. The van der Waals surface area contributed by atoms with Crippen LogP contribution in [0, 0.1) is 18.7 Å². The van der Waals surface area contributed by atoms with Crippen LogP contribution in [0.15, 0.2) is 59.4 Å². The molecule has 3 rings (SSSR count). The van der Waals surface area contributed by atoms with Crippen molar-refractivity contribution in [3.8, 4) is 11.3 Å². The van der Waals surface area contributed by atoms with Crippen LogP contribution in [0.2, 0.25) is 0 Å². The summed E-state index contributed by atoms with van der Waals surface area (Å²) in [6.45, 7) is 7.04. The van der Waals surface area contributed by atoms with E-state index in [4.69, 9.17) is 0 Å². The minimum Gasteiger partial charge on any atom is -0.326 e. The number of carbonyl (C=O) groups is 2. The van der Waals surface area contributed by atoms with Crippen LogP contribution >= 0.6 is 0 Å². The maximum absolute atomic E-state index is 13.4. The molecule has 0 aliphatic carbocycles. The van der Waals surface area contributed by atoms with E-state index in [2.05, 4.69) is 15.7 Å². The van der Waals surface area contributed by atoms with Crippen molar-refractivity contribution in [2.24, 2.45) is 5.92 Å². The summed E-state index contributed by atoms with van der Waals surface area (Å²) in [5.74, 6) is -1.26. The first-order valence-corrected chi connectivity index (χ1v) is 10.2. The molecule has 166 valence electrons. The smallest absolute Gasteiger partial charge is 0.267 e. The Labute approximate surface area is 185 Å². The van der Waals surface area contributed by atoms with Gasteiger partial charge in [0, 0.05) is 28.9 Å². The van der Waals surface area contributed by atoms with Crippen molar-refractivity contribution in [3.05, 3.63) is 76.3 Å². The van der Waals surface area contributed by atoms with Gasteiger partial charge in [0.15, 0.2) is 0 Å². The normalized spacial score (nSPS) is 11.8. The third-order valence-corrected chi connectivity index (χ3v) is 4.98. The van der Waals surface area contributed by atoms with Crippen molar-refractivity contribution in [2.45, 2.75) is 33.7 Å². The van der Waals surface area contributed by atoms with Crippen LogP contribution in [0.1, 0.15) is 32.4 Å². The standard InChI is InChI=1S/C24H25FN4O3/c1-14(2)23(31)27-21-12-17(9-8-15(21)3)20-10-11-22(30)29(28-20)16(4)24(32)26-19-7-5-6-18(25)13-19/h5-14,16H,1-4H3,(H,26,32)(H,27,31)/t16-/m1/s1. The number of aryl methyl sites for hydroxylation is 1. The zero-order valence-electron chi connectivity index (χ0n) is 18.3. The molecule has 0 saturated carbocycles. The van der Waals surface area contributed by atoms with Crippen LogP contribution in [0.5, 0.6) is 0 Å². The molecule has 3 aromatic rings. The highest BCUT2D eigenvalue weighted by atomic mass is 19.1. The van der Waals surface area contributed by atoms with Gasteiger partial charge in [-0.05, 0) is 49.7 Å². The highest BCUT2D eigenvalue weighted by Crippen LogP contribution is 2.24. The molecule has 2 aromatic carbocycles. The van der Waals surface area contributed by atoms with Gasteiger partial charge in [-0.2, -0.15) is 5.10 Å². The van der Waals surface area contributed by atoms with E-state index >= 15 is 0 Å². The first kappa shape index (κ1) is 22.9. The quantitative estimate of drug-likeness (QED) is 0.607. The van der Waals surface area contributed by atoms with Gasteiger partial charge >= 0.3 is 0 Å². The summed E-state index contributed by atoms with van der Waals surface area (Å²) in [5.41, 5.74) is 2.53. The molecule has 0 saturated heterocycles. The van der Waals surface area contributed by atoms with Gasteiger partial charge in [0.25, 0.3) is 5.56 Å². The van der Waals surface area contributed by atoms with E-state index in [-0.39, 0.29) is 17.5 Å². The molecule has 0 radical (unpaired) electrons. The van der Waals surface area contributed by atoms with Gasteiger partial charge in [-0.15, -0.1) is 0 Å². The number of aromatic nitrogens is 2. The number of nitrogens with zero attached hydrogens (tertiary/aromatic N) is 2. The maximum atomic E-state index is 13.4. The molecule has 8 heteroatoms. The summed E-state index contributed by atoms with van der Waals surface area (Å²) in [5, 5.41) is 9.84. The van der Waals surface area contributed by atoms with Crippen LogP contribution in [-0.4, -0.2) is 21.6 Å². The topological polar surface area (TPSA) is 93.1 Å². The minimum atomic E-state index is -0.934. The molecular formula is C24H25FN4O3. The van der Waals surface area contributed by atoms with Gasteiger partial charge in [0.05, 0.1) is 5.69 Å². The second kappa shape index (κ2) is 9.55. The van der Waals surface area contributed by atoms with E-state index in [1.165, 1.54) is 31.2 Å². The third-order valence-electron chi connectivity index (χ3n) is 4.98. The summed E-state index contributed by atoms with van der Waals surface area (Å²) >= 11 is 0. The fourth-order valence-electron chi connectivity index (χ4n) is 2.97. The van der Waals surface area contributed by atoms with E-state index in [1.54, 1.807) is 18.2 Å². The number of rotatable bonds is 6. The molecule has 0 unspecified atom stereocenters. The zero-order chi connectivity index (χ0) is 23.4. The van der Waals surface area contributed by atoms with Gasteiger partial charge in [-0.1, -0.05) is 32.0 Å². The van der Waals surface area contributed by atoms with Gasteiger partial charge in [0.1, 0.15) is 11.9 Å². The minimum absolute atomic E-state index is 0.106. The van der Waals surface area contributed by atoms with Crippen LogP contribution in [-0.2, 0) is 9.59 Å². The number of hydrogen-bond acceptors (Lipinski definition) is 4. The van der Waals surface area contributed by atoms with E-state index in [0.717, 1.165) is 10.2 Å². The first-order chi connectivity index (χ1) is 15.2. The van der Waals surface area contributed by atoms with Gasteiger partial charge < -0.3 is 10.6 Å². The second-order valence-electron chi connectivity index (χ2n) is 7.85. The molecule has 2 N–H and O–H groups in total. The van der Waals surface area contributed by atoms with Crippen molar-refractivity contribution in [1.29, 1.82) is 0 Å². The van der Waals surface area contributed by atoms with E-state index in [9.17, 15) is 18.8 Å². The van der Waals surface area contributed by atoms with Crippen LogP contribution < -0.4 is 16.2 Å². The lowest BCUT2D eigenvalue weighted by Gasteiger charge is -2.16. The molecule has 0 bridgehead atoms. The number of amides is 2. The summed E-state index contributed by atoms with van der Waals surface area (Å²) in [6.07, 6.45) is 0. The molecule has 0 aliphatic heterocycles. The fourth-order valence-corrected chi connectivity index (χ4v) is 2.97. The van der Waals surface area contributed by atoms with Crippen LogP contribution in [0.25, 0.3) is 11.3 Å². The Morgan fingerprint density at radius 3 is 2.41 bits per heavy atom. The monoisotopic (exact) mass is 436 g/mol. The number of anilines is 2. The SMILES string of the molecule is Cc1ccc(-c2ccc(=O)n([C@H](C)C(=O)Nc3cccc(F)c3)n2)cc1NC(=O)C(C)C. The highest BCUT2D eigenvalue weighted by Gasteiger charge is 2.19. The molecule has 0 fully saturated rings. The summed E-state index contributed by atoms with van der Waals surface area (Å²) in [7, 11) is 0. The molecule has 1 atom stereocenters. The molecule has 1 aromatic heterocycles. The Balaban J connectivity index is 1.89. The predicted molar refractivity (Wildman–Crippen MR) is 122 cm³/mol. The molecule has 1 heterocycles.